The Morgan fingerprint density at radius 2 is 1.81 bits per heavy atom. The topological polar surface area (TPSA) is 122 Å². The first kappa shape index (κ1) is 21.9. The molecule has 0 spiro atoms. The lowest BCUT2D eigenvalue weighted by Gasteiger charge is -2.22. The lowest BCUT2D eigenvalue weighted by Crippen LogP contribution is -2.40. The second-order valence-electron chi connectivity index (χ2n) is 8.98. The maximum absolute atomic E-state index is 12.7. The number of fused-ring (bicyclic) bond motifs is 1. The monoisotopic (exact) mass is 462 g/mol. The molecule has 0 radical (unpaired) electrons. The number of nitrogens with one attached hydrogen (secondary N) is 2. The third-order valence-electron chi connectivity index (χ3n) is 5.54. The number of sulfone groups is 1. The van der Waals surface area contributed by atoms with Gasteiger partial charge in [0.05, 0.1) is 17.2 Å². The van der Waals surface area contributed by atoms with Gasteiger partial charge < -0.3 is 4.98 Å². The zero-order chi connectivity index (χ0) is 22.4. The summed E-state index contributed by atoms with van der Waals surface area (Å²) in [5.74, 6) is 0.00523. The summed E-state index contributed by atoms with van der Waals surface area (Å²) in [5.41, 5.74) is 3.27. The Kier molecular flexibility index (Phi) is 5.43. The van der Waals surface area contributed by atoms with Gasteiger partial charge in [0.2, 0.25) is 10.0 Å². The van der Waals surface area contributed by atoms with Gasteiger partial charge in [-0.3, -0.25) is 4.98 Å². The highest BCUT2D eigenvalue weighted by Crippen LogP contribution is 2.31. The summed E-state index contributed by atoms with van der Waals surface area (Å²) in [5, 5.41) is 0.928. The number of hydrogen-bond acceptors (Lipinski definition) is 6. The Labute approximate surface area is 182 Å². The van der Waals surface area contributed by atoms with E-state index in [-0.39, 0.29) is 40.7 Å². The van der Waals surface area contributed by atoms with Crippen molar-refractivity contribution in [1.82, 2.24) is 19.7 Å². The lowest BCUT2D eigenvalue weighted by atomic mass is 9.92. The number of aromatic nitrogens is 3. The number of rotatable bonds is 4. The minimum Gasteiger partial charge on any atom is -0.343 e. The van der Waals surface area contributed by atoms with Crippen molar-refractivity contribution in [2.24, 2.45) is 0 Å². The highest BCUT2D eigenvalue weighted by molar-refractivity contribution is 7.91. The molecule has 10 heteroatoms. The maximum Gasteiger partial charge on any atom is 0.242 e. The number of aromatic amines is 1. The van der Waals surface area contributed by atoms with Crippen LogP contribution in [0.1, 0.15) is 39.3 Å². The Morgan fingerprint density at radius 3 is 2.42 bits per heavy atom. The van der Waals surface area contributed by atoms with E-state index in [1.54, 1.807) is 12.3 Å². The normalized spacial score (nSPS) is 17.8. The van der Waals surface area contributed by atoms with Crippen LogP contribution in [-0.4, -0.2) is 49.3 Å². The first-order valence-corrected chi connectivity index (χ1v) is 13.4. The van der Waals surface area contributed by atoms with Crippen molar-refractivity contribution in [3.8, 4) is 11.3 Å². The fourth-order valence-corrected chi connectivity index (χ4v) is 6.39. The molecule has 1 aliphatic rings. The smallest absolute Gasteiger partial charge is 0.242 e. The van der Waals surface area contributed by atoms with Crippen LogP contribution < -0.4 is 4.72 Å². The fraction of sp³-hybridized carbons (Fsp3) is 0.429. The largest absolute Gasteiger partial charge is 0.343 e. The molecule has 0 aromatic carbocycles. The highest BCUT2D eigenvalue weighted by atomic mass is 32.2. The van der Waals surface area contributed by atoms with Gasteiger partial charge in [0.15, 0.2) is 0 Å². The van der Waals surface area contributed by atoms with Gasteiger partial charge in [0, 0.05) is 40.5 Å². The van der Waals surface area contributed by atoms with Gasteiger partial charge in [0.25, 0.3) is 0 Å². The summed E-state index contributed by atoms with van der Waals surface area (Å²) in [6.07, 6.45) is 3.60. The van der Waals surface area contributed by atoms with Crippen molar-refractivity contribution in [2.75, 3.05) is 11.5 Å². The summed E-state index contributed by atoms with van der Waals surface area (Å²) in [4.78, 5) is 12.2. The number of hydrogen-bond donors (Lipinski definition) is 2. The van der Waals surface area contributed by atoms with Gasteiger partial charge in [-0.15, -0.1) is 0 Å². The predicted molar refractivity (Wildman–Crippen MR) is 120 cm³/mol. The van der Waals surface area contributed by atoms with E-state index in [1.165, 1.54) is 12.3 Å². The standard InChI is InChI=1S/C21H26N4O4S2/c1-21(2,3)19-12-17-16(6-9-22-20(17)24-19)18-5-4-15(13-23-18)31(28,29)25-14-7-10-30(26,27)11-8-14/h4-6,9,12-14,25H,7-8,10-11H2,1-3H3,(H,22,24). The molecule has 1 fully saturated rings. The molecule has 0 aliphatic carbocycles. The van der Waals surface area contributed by atoms with Gasteiger partial charge in [-0.1, -0.05) is 20.8 Å². The van der Waals surface area contributed by atoms with Gasteiger partial charge in [0.1, 0.15) is 20.4 Å². The molecule has 8 nitrogen and oxygen atoms in total. The molecule has 0 unspecified atom stereocenters. The zero-order valence-corrected chi connectivity index (χ0v) is 19.3. The van der Waals surface area contributed by atoms with Crippen LogP contribution in [0, 0.1) is 0 Å². The van der Waals surface area contributed by atoms with Gasteiger partial charge in [-0.25, -0.2) is 26.5 Å². The molecule has 0 bridgehead atoms. The Hall–Kier alpha value is -2.30. The molecule has 0 atom stereocenters. The molecule has 4 rings (SSSR count). The molecule has 1 aliphatic heterocycles. The van der Waals surface area contributed by atoms with E-state index in [1.807, 2.05) is 6.07 Å². The van der Waals surface area contributed by atoms with Crippen molar-refractivity contribution < 1.29 is 16.8 Å². The number of H-pyrrole nitrogens is 1. The van der Waals surface area contributed by atoms with E-state index >= 15 is 0 Å². The van der Waals surface area contributed by atoms with E-state index in [4.69, 9.17) is 0 Å². The Morgan fingerprint density at radius 1 is 1.10 bits per heavy atom. The summed E-state index contributed by atoms with van der Waals surface area (Å²) in [7, 11) is -6.83. The first-order valence-electron chi connectivity index (χ1n) is 10.1. The quantitative estimate of drug-likeness (QED) is 0.615. The fourth-order valence-electron chi connectivity index (χ4n) is 3.65. The minimum absolute atomic E-state index is 0.00261. The zero-order valence-electron chi connectivity index (χ0n) is 17.7. The average Bonchev–Trinajstić information content (AvgIpc) is 3.15. The molecule has 4 heterocycles. The van der Waals surface area contributed by atoms with E-state index in [0.29, 0.717) is 5.69 Å². The third-order valence-corrected chi connectivity index (χ3v) is 8.76. The summed E-state index contributed by atoms with van der Waals surface area (Å²) < 4.78 is 51.2. The highest BCUT2D eigenvalue weighted by Gasteiger charge is 2.28. The minimum atomic E-state index is -3.78. The second-order valence-corrected chi connectivity index (χ2v) is 13.0. The summed E-state index contributed by atoms with van der Waals surface area (Å²) in [6.45, 7) is 6.35. The van der Waals surface area contributed by atoms with Crippen molar-refractivity contribution in [3.05, 3.63) is 42.4 Å². The molecule has 1 saturated heterocycles. The van der Waals surface area contributed by atoms with Crippen LogP contribution in [0.5, 0.6) is 0 Å². The Balaban J connectivity index is 1.59. The summed E-state index contributed by atoms with van der Waals surface area (Å²) in [6, 6.07) is 6.73. The third kappa shape index (κ3) is 4.65. The molecule has 3 aromatic rings. The van der Waals surface area contributed by atoms with E-state index in [2.05, 4.69) is 46.5 Å². The molecule has 31 heavy (non-hydrogen) atoms. The SMILES string of the molecule is CC(C)(C)c1cc2c(-c3ccc(S(=O)(=O)NC4CCS(=O)(=O)CC4)cn3)ccnc2[nH]1. The number of pyridine rings is 2. The van der Waals surface area contributed by atoms with Crippen LogP contribution in [0.25, 0.3) is 22.3 Å². The van der Waals surface area contributed by atoms with Gasteiger partial charge in [-0.2, -0.15) is 0 Å². The summed E-state index contributed by atoms with van der Waals surface area (Å²) >= 11 is 0. The van der Waals surface area contributed by atoms with Crippen LogP contribution >= 0.6 is 0 Å². The average molecular weight is 463 g/mol. The predicted octanol–water partition coefficient (Wildman–Crippen LogP) is 2.78. The van der Waals surface area contributed by atoms with Gasteiger partial charge in [-0.05, 0) is 37.1 Å². The molecular weight excluding hydrogens is 436 g/mol. The maximum atomic E-state index is 12.7. The van der Waals surface area contributed by atoms with Crippen LogP contribution in [-0.2, 0) is 25.3 Å². The molecule has 0 saturated carbocycles. The Bertz CT molecular complexity index is 1310. The van der Waals surface area contributed by atoms with E-state index in [0.717, 1.165) is 22.3 Å². The van der Waals surface area contributed by atoms with Crippen molar-refractivity contribution >= 4 is 30.9 Å². The van der Waals surface area contributed by atoms with E-state index < -0.39 is 19.9 Å². The van der Waals surface area contributed by atoms with Crippen LogP contribution in [0.15, 0.2) is 41.6 Å². The second kappa shape index (κ2) is 7.68. The van der Waals surface area contributed by atoms with Crippen LogP contribution in [0.3, 0.4) is 0 Å². The first-order chi connectivity index (χ1) is 14.4. The molecule has 3 aromatic heterocycles. The number of nitrogens with zero attached hydrogens (tertiary/aromatic N) is 2. The van der Waals surface area contributed by atoms with Crippen LogP contribution in [0.4, 0.5) is 0 Å². The lowest BCUT2D eigenvalue weighted by molar-refractivity contribution is 0.505. The molecule has 2 N–H and O–H groups in total. The van der Waals surface area contributed by atoms with Crippen LogP contribution in [0.2, 0.25) is 0 Å². The molecule has 0 amide bonds. The number of sulfonamides is 1. The molecule has 166 valence electrons. The molecular formula is C21H26N4O4S2. The van der Waals surface area contributed by atoms with Gasteiger partial charge >= 0.3 is 0 Å². The van der Waals surface area contributed by atoms with Crippen molar-refractivity contribution in [2.45, 2.75) is 50.0 Å². The van der Waals surface area contributed by atoms with Crippen molar-refractivity contribution in [3.63, 3.8) is 0 Å². The van der Waals surface area contributed by atoms with Crippen molar-refractivity contribution in [1.29, 1.82) is 0 Å². The van der Waals surface area contributed by atoms with E-state index in [9.17, 15) is 16.8 Å².